The molecule has 0 aliphatic carbocycles. The molecule has 1 saturated heterocycles. The molecule has 0 unspecified atom stereocenters. The Bertz CT molecular complexity index is 1100. The molecule has 0 atom stereocenters. The normalized spacial score (nSPS) is 14.9. The molecule has 2 heterocycles. The lowest BCUT2D eigenvalue weighted by Crippen LogP contribution is -2.29. The van der Waals surface area contributed by atoms with Gasteiger partial charge in [-0.15, -0.1) is 0 Å². The summed E-state index contributed by atoms with van der Waals surface area (Å²) in [5, 5.41) is 14.3. The van der Waals surface area contributed by atoms with Crippen LogP contribution in [0.5, 0.6) is 11.8 Å². The number of ether oxygens (including phenoxy) is 1. The fourth-order valence-corrected chi connectivity index (χ4v) is 3.96. The van der Waals surface area contributed by atoms with E-state index in [0.29, 0.717) is 6.01 Å². The summed E-state index contributed by atoms with van der Waals surface area (Å²) in [6.45, 7) is 3.13. The topological polar surface area (TPSA) is 56.1 Å². The van der Waals surface area contributed by atoms with Crippen LogP contribution in [0.1, 0.15) is 24.8 Å². The van der Waals surface area contributed by atoms with E-state index in [2.05, 4.69) is 44.7 Å². The second-order valence-electron chi connectivity index (χ2n) is 7.42. The highest BCUT2D eigenvalue weighted by molar-refractivity contribution is 5.89. The van der Waals surface area contributed by atoms with Crippen LogP contribution in [0, 0.1) is 0 Å². The van der Waals surface area contributed by atoms with Crippen molar-refractivity contribution in [2.24, 2.45) is 0 Å². The van der Waals surface area contributed by atoms with Crippen molar-refractivity contribution < 1.29 is 4.74 Å². The zero-order valence-electron chi connectivity index (χ0n) is 16.2. The van der Waals surface area contributed by atoms with E-state index in [0.717, 1.165) is 47.4 Å². The zero-order valence-corrected chi connectivity index (χ0v) is 16.2. The lowest BCUT2D eigenvalue weighted by Gasteiger charge is -2.27. The van der Waals surface area contributed by atoms with E-state index in [1.165, 1.54) is 19.3 Å². The zero-order chi connectivity index (χ0) is 19.5. The molecule has 1 aromatic heterocycles. The highest BCUT2D eigenvalue weighted by Crippen LogP contribution is 2.34. The smallest absolute Gasteiger partial charge is 0.345 e. The van der Waals surface area contributed by atoms with Crippen molar-refractivity contribution in [2.45, 2.75) is 25.8 Å². The molecule has 0 radical (unpaired) electrons. The quantitative estimate of drug-likeness (QED) is 0.503. The maximum Gasteiger partial charge on any atom is 0.345 e. The third-order valence-corrected chi connectivity index (χ3v) is 5.44. The Morgan fingerprint density at radius 2 is 1.62 bits per heavy atom. The lowest BCUT2D eigenvalue weighted by molar-refractivity contribution is 0.219. The number of benzene rings is 3. The summed E-state index contributed by atoms with van der Waals surface area (Å²) in [6, 6.07) is 22.8. The van der Waals surface area contributed by atoms with Crippen LogP contribution in [-0.4, -0.2) is 38.2 Å². The minimum atomic E-state index is 0.368. The standard InChI is InChI=1S/C23H23N5O/c1-3-10-20(11-4-1)28-23(24-25-26-28)29-22-19(17-27-15-7-2-8-16-27)14-13-18-9-5-6-12-21(18)22/h1,3-6,9-14H,2,7-8,15-17H2. The molecule has 1 fully saturated rings. The number of likely N-dealkylation sites (tertiary alicyclic amines) is 1. The van der Waals surface area contributed by atoms with Gasteiger partial charge in [-0.25, -0.2) is 0 Å². The lowest BCUT2D eigenvalue weighted by atomic mass is 10.0. The highest BCUT2D eigenvalue weighted by Gasteiger charge is 2.18. The van der Waals surface area contributed by atoms with Gasteiger partial charge in [-0.2, -0.15) is 4.68 Å². The van der Waals surface area contributed by atoms with Gasteiger partial charge in [-0.3, -0.25) is 4.90 Å². The molecule has 0 spiro atoms. The van der Waals surface area contributed by atoms with Crippen molar-refractivity contribution in [3.8, 4) is 17.4 Å². The Morgan fingerprint density at radius 1 is 0.828 bits per heavy atom. The van der Waals surface area contributed by atoms with Gasteiger partial charge in [-0.1, -0.05) is 66.1 Å². The van der Waals surface area contributed by atoms with Gasteiger partial charge >= 0.3 is 6.01 Å². The van der Waals surface area contributed by atoms with Gasteiger partial charge in [0.25, 0.3) is 0 Å². The number of hydrogen-bond donors (Lipinski definition) is 0. The molecule has 6 heteroatoms. The summed E-state index contributed by atoms with van der Waals surface area (Å²) in [7, 11) is 0. The molecule has 3 aromatic carbocycles. The van der Waals surface area contributed by atoms with E-state index < -0.39 is 0 Å². The molecule has 29 heavy (non-hydrogen) atoms. The highest BCUT2D eigenvalue weighted by atomic mass is 16.5. The first kappa shape index (κ1) is 17.8. The van der Waals surface area contributed by atoms with Gasteiger partial charge in [-0.05, 0) is 53.9 Å². The molecule has 0 bridgehead atoms. The maximum atomic E-state index is 6.39. The average molecular weight is 385 g/mol. The largest absolute Gasteiger partial charge is 0.422 e. The molecule has 146 valence electrons. The van der Waals surface area contributed by atoms with Crippen molar-refractivity contribution >= 4 is 10.8 Å². The van der Waals surface area contributed by atoms with E-state index in [-0.39, 0.29) is 0 Å². The van der Waals surface area contributed by atoms with Crippen molar-refractivity contribution in [3.63, 3.8) is 0 Å². The third-order valence-electron chi connectivity index (χ3n) is 5.44. The van der Waals surface area contributed by atoms with Crippen molar-refractivity contribution in [3.05, 3.63) is 72.3 Å². The van der Waals surface area contributed by atoms with Crippen LogP contribution in [0.25, 0.3) is 16.5 Å². The number of fused-ring (bicyclic) bond motifs is 1. The molecule has 4 aromatic rings. The minimum Gasteiger partial charge on any atom is -0.422 e. The van der Waals surface area contributed by atoms with Crippen LogP contribution in [0.3, 0.4) is 0 Å². The number of para-hydroxylation sites is 1. The van der Waals surface area contributed by atoms with Crippen LogP contribution in [0.2, 0.25) is 0 Å². The maximum absolute atomic E-state index is 6.39. The van der Waals surface area contributed by atoms with E-state index >= 15 is 0 Å². The number of rotatable bonds is 5. The van der Waals surface area contributed by atoms with Crippen molar-refractivity contribution in [1.82, 2.24) is 25.1 Å². The molecule has 1 aliphatic rings. The van der Waals surface area contributed by atoms with Gasteiger partial charge in [0, 0.05) is 17.5 Å². The first-order chi connectivity index (χ1) is 14.4. The number of hydrogen-bond acceptors (Lipinski definition) is 5. The summed E-state index contributed by atoms with van der Waals surface area (Å²) in [5.74, 6) is 0.834. The Morgan fingerprint density at radius 3 is 2.48 bits per heavy atom. The van der Waals surface area contributed by atoms with E-state index in [1.54, 1.807) is 4.68 Å². The summed E-state index contributed by atoms with van der Waals surface area (Å²) in [5.41, 5.74) is 2.03. The Hall–Kier alpha value is -3.25. The van der Waals surface area contributed by atoms with Gasteiger partial charge in [0.15, 0.2) is 0 Å². The van der Waals surface area contributed by atoms with Crippen LogP contribution in [0.4, 0.5) is 0 Å². The van der Waals surface area contributed by atoms with Gasteiger partial charge in [0.05, 0.1) is 5.69 Å². The molecular formula is C23H23N5O. The van der Waals surface area contributed by atoms with Crippen LogP contribution < -0.4 is 4.74 Å². The van der Waals surface area contributed by atoms with Crippen LogP contribution in [0.15, 0.2) is 66.7 Å². The summed E-state index contributed by atoms with van der Waals surface area (Å²) in [4.78, 5) is 2.50. The fourth-order valence-electron chi connectivity index (χ4n) is 3.96. The van der Waals surface area contributed by atoms with Gasteiger partial charge in [0.2, 0.25) is 0 Å². The SMILES string of the molecule is c1ccc(-n2nnnc2Oc2c(CN3CCCCC3)ccc3ccccc23)cc1. The molecule has 0 saturated carbocycles. The molecule has 0 amide bonds. The average Bonchev–Trinajstić information content (AvgIpc) is 3.25. The molecule has 1 aliphatic heterocycles. The van der Waals surface area contributed by atoms with E-state index in [4.69, 9.17) is 4.74 Å². The molecule has 0 N–H and O–H groups in total. The predicted octanol–water partition coefficient (Wildman–Crippen LogP) is 4.59. The molecular weight excluding hydrogens is 362 g/mol. The van der Waals surface area contributed by atoms with Gasteiger partial charge in [0.1, 0.15) is 5.75 Å². The first-order valence-corrected chi connectivity index (χ1v) is 10.1. The second-order valence-corrected chi connectivity index (χ2v) is 7.42. The number of piperidine rings is 1. The Balaban J connectivity index is 1.55. The van der Waals surface area contributed by atoms with Crippen molar-refractivity contribution in [1.29, 1.82) is 0 Å². The van der Waals surface area contributed by atoms with Gasteiger partial charge < -0.3 is 4.74 Å². The van der Waals surface area contributed by atoms with Crippen LogP contribution >= 0.6 is 0 Å². The monoisotopic (exact) mass is 385 g/mol. The van der Waals surface area contributed by atoms with Crippen molar-refractivity contribution in [2.75, 3.05) is 13.1 Å². The number of tetrazole rings is 1. The van der Waals surface area contributed by atoms with Crippen LogP contribution in [-0.2, 0) is 6.54 Å². The summed E-state index contributed by atoms with van der Waals surface area (Å²) in [6.07, 6.45) is 3.84. The summed E-state index contributed by atoms with van der Waals surface area (Å²) < 4.78 is 8.02. The minimum absolute atomic E-state index is 0.368. The summed E-state index contributed by atoms with van der Waals surface area (Å²) >= 11 is 0. The fraction of sp³-hybridized carbons (Fsp3) is 0.261. The Labute approximate surface area is 169 Å². The predicted molar refractivity (Wildman–Crippen MR) is 112 cm³/mol. The molecule has 5 rings (SSSR count). The third kappa shape index (κ3) is 3.71. The first-order valence-electron chi connectivity index (χ1n) is 10.1. The number of aromatic nitrogens is 4. The second kappa shape index (κ2) is 8.01. The van der Waals surface area contributed by atoms with E-state index in [1.807, 2.05) is 42.5 Å². The molecule has 6 nitrogen and oxygen atoms in total. The number of nitrogens with zero attached hydrogens (tertiary/aromatic N) is 5. The van der Waals surface area contributed by atoms with E-state index in [9.17, 15) is 0 Å². The Kier molecular flexibility index (Phi) is 4.92.